The molecule has 0 saturated carbocycles. The Bertz CT molecular complexity index is 132. The van der Waals surface area contributed by atoms with Gasteiger partial charge in [-0.3, -0.25) is 0 Å². The molecule has 1 atom stereocenters. The van der Waals surface area contributed by atoms with Gasteiger partial charge in [0.2, 0.25) is 0 Å². The highest BCUT2D eigenvalue weighted by molar-refractivity contribution is 8.21. The molecule has 0 fully saturated rings. The number of rotatable bonds is 2. The third-order valence-corrected chi connectivity index (χ3v) is 1.72. The molecule has 0 N–H and O–H groups in total. The molecule has 0 aromatic heterocycles. The topological polar surface area (TPSA) is 0 Å². The molecular formula is C3HClF6S. The van der Waals surface area contributed by atoms with Crippen molar-refractivity contribution in [2.45, 2.75) is 17.6 Å². The zero-order chi connectivity index (χ0) is 9.28. The van der Waals surface area contributed by atoms with E-state index in [0.717, 1.165) is 0 Å². The summed E-state index contributed by atoms with van der Waals surface area (Å²) in [6, 6.07) is 0. The molecule has 68 valence electrons. The van der Waals surface area contributed by atoms with Gasteiger partial charge < -0.3 is 0 Å². The van der Waals surface area contributed by atoms with Crippen molar-refractivity contribution >= 4 is 21.7 Å². The highest BCUT2D eigenvalue weighted by Crippen LogP contribution is 2.43. The van der Waals surface area contributed by atoms with Gasteiger partial charge in [-0.15, -0.1) is 0 Å². The molecule has 11 heavy (non-hydrogen) atoms. The molecule has 0 saturated heterocycles. The van der Waals surface area contributed by atoms with Crippen LogP contribution in [0.15, 0.2) is 0 Å². The lowest BCUT2D eigenvalue weighted by atomic mass is 10.4. The molecule has 0 aliphatic heterocycles. The maximum Gasteiger partial charge on any atom is 0.426 e. The third kappa shape index (κ3) is 2.98. The van der Waals surface area contributed by atoms with E-state index in [1.165, 1.54) is 0 Å². The van der Waals surface area contributed by atoms with Crippen LogP contribution in [0.1, 0.15) is 0 Å². The predicted molar refractivity (Wildman–Crippen MR) is 29.3 cm³/mol. The quantitative estimate of drug-likeness (QED) is 0.641. The van der Waals surface area contributed by atoms with Crippen molar-refractivity contribution in [2.75, 3.05) is 0 Å². The minimum Gasteiger partial charge on any atom is -0.230 e. The highest BCUT2D eigenvalue weighted by atomic mass is 35.7. The second-order valence-electron chi connectivity index (χ2n) is 1.54. The normalized spacial score (nSPS) is 16.6. The Kier molecular flexibility index (Phi) is 3.37. The van der Waals surface area contributed by atoms with E-state index < -0.39 is 28.6 Å². The Balaban J connectivity index is 4.35. The van der Waals surface area contributed by atoms with E-state index in [1.54, 1.807) is 0 Å². The van der Waals surface area contributed by atoms with Gasteiger partial charge in [-0.05, 0) is 10.7 Å². The van der Waals surface area contributed by atoms with Crippen LogP contribution >= 0.6 is 21.7 Å². The van der Waals surface area contributed by atoms with E-state index in [9.17, 15) is 26.3 Å². The molecule has 0 aromatic carbocycles. The second kappa shape index (κ2) is 3.30. The Morgan fingerprint density at radius 2 is 1.45 bits per heavy atom. The molecule has 1 unspecified atom stereocenters. The highest BCUT2D eigenvalue weighted by Gasteiger charge is 2.57. The smallest absolute Gasteiger partial charge is 0.230 e. The number of hydrogen-bond donors (Lipinski definition) is 0. The summed E-state index contributed by atoms with van der Waals surface area (Å²) in [6.45, 7) is 0. The fourth-order valence-electron chi connectivity index (χ4n) is 0.230. The zero-order valence-corrected chi connectivity index (χ0v) is 6.20. The van der Waals surface area contributed by atoms with Crippen molar-refractivity contribution < 1.29 is 26.3 Å². The lowest BCUT2D eigenvalue weighted by Gasteiger charge is -2.18. The van der Waals surface area contributed by atoms with Gasteiger partial charge >= 0.3 is 11.4 Å². The first kappa shape index (κ1) is 11.2. The van der Waals surface area contributed by atoms with Gasteiger partial charge in [0.05, 0.1) is 0 Å². The van der Waals surface area contributed by atoms with Gasteiger partial charge in [-0.1, -0.05) is 0 Å². The third-order valence-electron chi connectivity index (χ3n) is 0.685. The van der Waals surface area contributed by atoms with E-state index in [2.05, 4.69) is 10.7 Å². The van der Waals surface area contributed by atoms with Gasteiger partial charge in [0.25, 0.3) is 6.17 Å². The lowest BCUT2D eigenvalue weighted by molar-refractivity contribution is -0.219. The fraction of sp³-hybridized carbons (Fsp3) is 1.00. The van der Waals surface area contributed by atoms with E-state index in [1.807, 2.05) is 0 Å². The van der Waals surface area contributed by atoms with E-state index in [-0.39, 0.29) is 0 Å². The molecule has 0 rings (SSSR count). The van der Waals surface area contributed by atoms with E-state index in [4.69, 9.17) is 0 Å². The standard InChI is InChI=1S/C3HClF6S/c4-11-3(9,10)1(5)2(6,7)8/h1H. The summed E-state index contributed by atoms with van der Waals surface area (Å²) in [7, 11) is 3.33. The number of halogens is 7. The molecule has 0 aromatic rings. The van der Waals surface area contributed by atoms with Crippen LogP contribution in [0.25, 0.3) is 0 Å². The average molecular weight is 219 g/mol. The maximum atomic E-state index is 11.8. The average Bonchev–Trinajstić information content (AvgIpc) is 1.84. The summed E-state index contributed by atoms with van der Waals surface area (Å²) in [5.74, 6) is 0. The fourth-order valence-corrected chi connectivity index (χ4v) is 0.676. The van der Waals surface area contributed by atoms with Crippen LogP contribution in [0.4, 0.5) is 26.3 Å². The van der Waals surface area contributed by atoms with Crippen LogP contribution in [0.5, 0.6) is 0 Å². The largest absolute Gasteiger partial charge is 0.426 e. The van der Waals surface area contributed by atoms with Gasteiger partial charge in [-0.2, -0.15) is 22.0 Å². The number of hydrogen-bond acceptors (Lipinski definition) is 1. The summed E-state index contributed by atoms with van der Waals surface area (Å²) >= 11 is 0. The van der Waals surface area contributed by atoms with E-state index >= 15 is 0 Å². The Morgan fingerprint density at radius 1 is 1.09 bits per heavy atom. The molecule has 8 heteroatoms. The Labute approximate surface area is 66.4 Å². The molecule has 0 aliphatic rings. The van der Waals surface area contributed by atoms with Gasteiger partial charge in [0.1, 0.15) is 0 Å². The molecule has 0 amide bonds. The summed E-state index contributed by atoms with van der Waals surface area (Å²) < 4.78 is 68.9. The minimum atomic E-state index is -5.58. The van der Waals surface area contributed by atoms with Crippen LogP contribution < -0.4 is 0 Å². The SMILES string of the molecule is FC(C(F)(F)F)C(F)(F)SCl. The summed E-state index contributed by atoms with van der Waals surface area (Å²) in [5, 5.41) is -4.63. The first-order chi connectivity index (χ1) is 4.72. The number of alkyl halides is 6. The van der Waals surface area contributed by atoms with Crippen molar-refractivity contribution in [1.82, 2.24) is 0 Å². The summed E-state index contributed by atoms with van der Waals surface area (Å²) in [5.41, 5.74) is 0. The molecule has 0 radical (unpaired) electrons. The molecule has 0 spiro atoms. The van der Waals surface area contributed by atoms with E-state index in [0.29, 0.717) is 0 Å². The van der Waals surface area contributed by atoms with Crippen molar-refractivity contribution in [3.63, 3.8) is 0 Å². The maximum absolute atomic E-state index is 11.8. The van der Waals surface area contributed by atoms with Crippen LogP contribution in [0.3, 0.4) is 0 Å². The molecule has 0 bridgehead atoms. The predicted octanol–water partition coefficient (Wildman–Crippen LogP) is 3.37. The van der Waals surface area contributed by atoms with Gasteiger partial charge in [0, 0.05) is 11.0 Å². The monoisotopic (exact) mass is 218 g/mol. The first-order valence-electron chi connectivity index (χ1n) is 2.10. The molecule has 0 heterocycles. The van der Waals surface area contributed by atoms with Gasteiger partial charge in [-0.25, -0.2) is 4.39 Å². The zero-order valence-electron chi connectivity index (χ0n) is 4.63. The van der Waals surface area contributed by atoms with Crippen molar-refractivity contribution in [2.24, 2.45) is 0 Å². The Hall–Kier alpha value is 0.220. The molecule has 0 aliphatic carbocycles. The minimum absolute atomic E-state index is 0.994. The second-order valence-corrected chi connectivity index (χ2v) is 2.70. The van der Waals surface area contributed by atoms with Crippen molar-refractivity contribution in [1.29, 1.82) is 0 Å². The van der Waals surface area contributed by atoms with Crippen LogP contribution in [-0.2, 0) is 0 Å². The van der Waals surface area contributed by atoms with Crippen molar-refractivity contribution in [3.05, 3.63) is 0 Å². The lowest BCUT2D eigenvalue weighted by Crippen LogP contribution is -2.38. The first-order valence-corrected chi connectivity index (χ1v) is 3.74. The van der Waals surface area contributed by atoms with Crippen LogP contribution in [0.2, 0.25) is 0 Å². The van der Waals surface area contributed by atoms with Crippen LogP contribution in [0, 0.1) is 0 Å². The summed E-state index contributed by atoms with van der Waals surface area (Å²) in [6.07, 6.45) is -9.80. The van der Waals surface area contributed by atoms with Crippen LogP contribution in [-0.4, -0.2) is 17.6 Å². The molecular weight excluding hydrogens is 218 g/mol. The van der Waals surface area contributed by atoms with Crippen molar-refractivity contribution in [3.8, 4) is 0 Å². The Morgan fingerprint density at radius 3 is 1.55 bits per heavy atom. The molecule has 0 nitrogen and oxygen atoms in total. The summed E-state index contributed by atoms with van der Waals surface area (Å²) in [4.78, 5) is 0. The van der Waals surface area contributed by atoms with Gasteiger partial charge in [0.15, 0.2) is 0 Å².